The predicted molar refractivity (Wildman–Crippen MR) is 69.7 cm³/mol. The molecule has 0 aromatic rings. The standard InChI is InChI=1S/C14H27NO2/c1-3-5-12(6-4-2)9-14(17)15-8-7-13(10-15)11-16/h12-13,16H,3-11H2,1-2H3. The number of hydrogen-bond donors (Lipinski definition) is 1. The smallest absolute Gasteiger partial charge is 0.222 e. The highest BCUT2D eigenvalue weighted by Gasteiger charge is 2.26. The van der Waals surface area contributed by atoms with Crippen LogP contribution in [-0.4, -0.2) is 35.6 Å². The minimum atomic E-state index is 0.219. The first kappa shape index (κ1) is 14.5. The van der Waals surface area contributed by atoms with Crippen LogP contribution in [0.15, 0.2) is 0 Å². The Balaban J connectivity index is 2.36. The molecule has 0 spiro atoms. The van der Waals surface area contributed by atoms with Gasteiger partial charge in [0.25, 0.3) is 0 Å². The summed E-state index contributed by atoms with van der Waals surface area (Å²) in [7, 11) is 0. The lowest BCUT2D eigenvalue weighted by Crippen LogP contribution is -2.30. The van der Waals surface area contributed by atoms with Gasteiger partial charge in [-0.05, 0) is 12.3 Å². The molecule has 0 bridgehead atoms. The van der Waals surface area contributed by atoms with Gasteiger partial charge in [0.05, 0.1) is 0 Å². The number of likely N-dealkylation sites (tertiary alicyclic amines) is 1. The van der Waals surface area contributed by atoms with Crippen LogP contribution in [0.1, 0.15) is 52.4 Å². The summed E-state index contributed by atoms with van der Waals surface area (Å²) in [5.41, 5.74) is 0. The number of rotatable bonds is 7. The SMILES string of the molecule is CCCC(CCC)CC(=O)N1CCC(CO)C1. The highest BCUT2D eigenvalue weighted by atomic mass is 16.3. The first-order valence-electron chi connectivity index (χ1n) is 7.09. The second-order valence-electron chi connectivity index (χ2n) is 5.32. The average molecular weight is 241 g/mol. The van der Waals surface area contributed by atoms with Crippen molar-refractivity contribution in [3.63, 3.8) is 0 Å². The van der Waals surface area contributed by atoms with Gasteiger partial charge < -0.3 is 10.0 Å². The van der Waals surface area contributed by atoms with Crippen LogP contribution in [0, 0.1) is 11.8 Å². The van der Waals surface area contributed by atoms with E-state index in [2.05, 4.69) is 13.8 Å². The third-order valence-corrected chi connectivity index (χ3v) is 3.75. The fraction of sp³-hybridized carbons (Fsp3) is 0.929. The Bertz CT molecular complexity index is 224. The van der Waals surface area contributed by atoms with Gasteiger partial charge in [-0.25, -0.2) is 0 Å². The Kier molecular flexibility index (Phi) is 6.56. The van der Waals surface area contributed by atoms with Crippen molar-refractivity contribution < 1.29 is 9.90 Å². The first-order valence-corrected chi connectivity index (χ1v) is 7.09. The maximum atomic E-state index is 12.1. The number of hydrogen-bond acceptors (Lipinski definition) is 2. The van der Waals surface area contributed by atoms with Crippen LogP contribution in [-0.2, 0) is 4.79 Å². The maximum absolute atomic E-state index is 12.1. The zero-order chi connectivity index (χ0) is 12.7. The molecule has 1 saturated heterocycles. The van der Waals surface area contributed by atoms with E-state index in [-0.39, 0.29) is 6.61 Å². The molecule has 1 rings (SSSR count). The molecule has 3 nitrogen and oxygen atoms in total. The lowest BCUT2D eigenvalue weighted by atomic mass is 9.94. The summed E-state index contributed by atoms with van der Waals surface area (Å²) in [6, 6.07) is 0. The molecule has 0 aromatic carbocycles. The molecular formula is C14H27NO2. The van der Waals surface area contributed by atoms with Gasteiger partial charge in [0.1, 0.15) is 0 Å². The number of aliphatic hydroxyl groups excluding tert-OH is 1. The molecule has 1 fully saturated rings. The van der Waals surface area contributed by atoms with Crippen LogP contribution >= 0.6 is 0 Å². The molecule has 1 aliphatic heterocycles. The third kappa shape index (κ3) is 4.66. The van der Waals surface area contributed by atoms with E-state index in [1.165, 1.54) is 0 Å². The van der Waals surface area contributed by atoms with Crippen LogP contribution in [0.2, 0.25) is 0 Å². The fourth-order valence-electron chi connectivity index (χ4n) is 2.75. The van der Waals surface area contributed by atoms with Gasteiger partial charge in [-0.15, -0.1) is 0 Å². The highest BCUT2D eigenvalue weighted by molar-refractivity contribution is 5.76. The summed E-state index contributed by atoms with van der Waals surface area (Å²) >= 11 is 0. The molecule has 1 amide bonds. The summed E-state index contributed by atoms with van der Waals surface area (Å²) in [4.78, 5) is 14.1. The Morgan fingerprint density at radius 1 is 1.35 bits per heavy atom. The van der Waals surface area contributed by atoms with Crippen molar-refractivity contribution >= 4 is 5.91 Å². The normalized spacial score (nSPS) is 20.2. The molecular weight excluding hydrogens is 214 g/mol. The largest absolute Gasteiger partial charge is 0.396 e. The Labute approximate surface area is 105 Å². The minimum absolute atomic E-state index is 0.219. The molecule has 0 aromatic heterocycles. The zero-order valence-corrected chi connectivity index (χ0v) is 11.3. The summed E-state index contributed by atoms with van der Waals surface area (Å²) in [6.07, 6.45) is 6.33. The van der Waals surface area contributed by atoms with Crippen molar-refractivity contribution in [2.24, 2.45) is 11.8 Å². The van der Waals surface area contributed by atoms with Crippen molar-refractivity contribution in [1.29, 1.82) is 0 Å². The number of aliphatic hydroxyl groups is 1. The molecule has 1 N–H and O–H groups in total. The molecule has 1 heterocycles. The van der Waals surface area contributed by atoms with Gasteiger partial charge in [0.2, 0.25) is 5.91 Å². The lowest BCUT2D eigenvalue weighted by molar-refractivity contribution is -0.131. The molecule has 3 heteroatoms. The topological polar surface area (TPSA) is 40.5 Å². The fourth-order valence-corrected chi connectivity index (χ4v) is 2.75. The Morgan fingerprint density at radius 2 is 2.00 bits per heavy atom. The number of amides is 1. The lowest BCUT2D eigenvalue weighted by Gasteiger charge is -2.20. The number of carbonyl (C=O) groups is 1. The molecule has 1 unspecified atom stereocenters. The summed E-state index contributed by atoms with van der Waals surface area (Å²) in [5.74, 6) is 1.17. The number of carbonyl (C=O) groups excluding carboxylic acids is 1. The zero-order valence-electron chi connectivity index (χ0n) is 11.3. The minimum Gasteiger partial charge on any atom is -0.396 e. The molecule has 100 valence electrons. The van der Waals surface area contributed by atoms with Crippen molar-refractivity contribution in [1.82, 2.24) is 4.90 Å². The quantitative estimate of drug-likeness (QED) is 0.743. The molecule has 0 radical (unpaired) electrons. The monoisotopic (exact) mass is 241 g/mol. The summed E-state index contributed by atoms with van der Waals surface area (Å²) in [5, 5.41) is 9.08. The molecule has 0 aliphatic carbocycles. The van der Waals surface area contributed by atoms with E-state index in [4.69, 9.17) is 5.11 Å². The van der Waals surface area contributed by atoms with Crippen LogP contribution in [0.4, 0.5) is 0 Å². The van der Waals surface area contributed by atoms with Crippen LogP contribution in [0.25, 0.3) is 0 Å². The van der Waals surface area contributed by atoms with Crippen LogP contribution in [0.5, 0.6) is 0 Å². The second kappa shape index (κ2) is 7.70. The van der Waals surface area contributed by atoms with Crippen molar-refractivity contribution in [3.8, 4) is 0 Å². The van der Waals surface area contributed by atoms with E-state index in [9.17, 15) is 4.79 Å². The van der Waals surface area contributed by atoms with E-state index in [0.29, 0.717) is 24.2 Å². The molecule has 1 aliphatic rings. The predicted octanol–water partition coefficient (Wildman–Crippen LogP) is 2.43. The van der Waals surface area contributed by atoms with Gasteiger partial charge in [-0.3, -0.25) is 4.79 Å². The van der Waals surface area contributed by atoms with Crippen molar-refractivity contribution in [3.05, 3.63) is 0 Å². The number of nitrogens with zero attached hydrogens (tertiary/aromatic N) is 1. The molecule has 0 saturated carbocycles. The van der Waals surface area contributed by atoms with Gasteiger partial charge in [-0.1, -0.05) is 39.5 Å². The Morgan fingerprint density at radius 3 is 2.47 bits per heavy atom. The van der Waals surface area contributed by atoms with Crippen LogP contribution in [0.3, 0.4) is 0 Å². The van der Waals surface area contributed by atoms with E-state index in [1.807, 2.05) is 4.90 Å². The van der Waals surface area contributed by atoms with Crippen molar-refractivity contribution in [2.75, 3.05) is 19.7 Å². The maximum Gasteiger partial charge on any atom is 0.222 e. The molecule has 1 atom stereocenters. The van der Waals surface area contributed by atoms with Crippen LogP contribution < -0.4 is 0 Å². The van der Waals surface area contributed by atoms with E-state index in [0.717, 1.165) is 45.2 Å². The van der Waals surface area contributed by atoms with E-state index >= 15 is 0 Å². The Hall–Kier alpha value is -0.570. The second-order valence-corrected chi connectivity index (χ2v) is 5.32. The van der Waals surface area contributed by atoms with Crippen molar-refractivity contribution in [2.45, 2.75) is 52.4 Å². The van der Waals surface area contributed by atoms with Gasteiger partial charge in [-0.2, -0.15) is 0 Å². The average Bonchev–Trinajstić information content (AvgIpc) is 2.78. The summed E-state index contributed by atoms with van der Waals surface area (Å²) < 4.78 is 0. The van der Waals surface area contributed by atoms with Gasteiger partial charge >= 0.3 is 0 Å². The highest BCUT2D eigenvalue weighted by Crippen LogP contribution is 2.22. The molecule has 17 heavy (non-hydrogen) atoms. The first-order chi connectivity index (χ1) is 8.21. The van der Waals surface area contributed by atoms with Gasteiger partial charge in [0, 0.05) is 32.0 Å². The summed E-state index contributed by atoms with van der Waals surface area (Å²) in [6.45, 7) is 6.20. The van der Waals surface area contributed by atoms with E-state index in [1.54, 1.807) is 0 Å². The van der Waals surface area contributed by atoms with E-state index < -0.39 is 0 Å². The van der Waals surface area contributed by atoms with Gasteiger partial charge in [0.15, 0.2) is 0 Å². The third-order valence-electron chi connectivity index (χ3n) is 3.75.